The molecule has 6 nitrogen and oxygen atoms in total. The van der Waals surface area contributed by atoms with Crippen LogP contribution in [0.1, 0.15) is 220 Å². The van der Waals surface area contributed by atoms with Gasteiger partial charge in [0.15, 0.2) is 5.76 Å². The topological polar surface area (TPSA) is 71.5 Å². The normalized spacial score (nSPS) is 15.4. The summed E-state index contributed by atoms with van der Waals surface area (Å²) in [6.45, 7) is 12.3. The number of hydrogen-bond donors (Lipinski definition) is 1. The lowest BCUT2D eigenvalue weighted by Crippen LogP contribution is -2.35. The molecule has 0 aromatic carbocycles. The molecule has 1 heterocycles. The monoisotopic (exact) mass is 762 g/mol. The number of ether oxygens (including phenoxy) is 3. The molecule has 1 rings (SSSR count). The Morgan fingerprint density at radius 1 is 0.630 bits per heavy atom. The molecule has 54 heavy (non-hydrogen) atoms. The molecule has 0 aromatic heterocycles. The van der Waals surface area contributed by atoms with E-state index in [4.69, 9.17) is 14.2 Å². The van der Waals surface area contributed by atoms with Crippen molar-refractivity contribution >= 4 is 5.97 Å². The van der Waals surface area contributed by atoms with Gasteiger partial charge in [0.2, 0.25) is 0 Å². The molecule has 3 atom stereocenters. The van der Waals surface area contributed by atoms with Gasteiger partial charge in [0, 0.05) is 12.0 Å². The third-order valence-corrected chi connectivity index (χ3v) is 11.5. The van der Waals surface area contributed by atoms with Crippen molar-refractivity contribution in [3.63, 3.8) is 0 Å². The Labute approximate surface area is 336 Å². The van der Waals surface area contributed by atoms with Gasteiger partial charge in [0.25, 0.3) is 0 Å². The Balaban J connectivity index is 2.30. The predicted octanol–water partition coefficient (Wildman–Crippen LogP) is 13.7. The van der Waals surface area contributed by atoms with Crippen LogP contribution >= 0.6 is 0 Å². The van der Waals surface area contributed by atoms with Crippen molar-refractivity contribution in [3.05, 3.63) is 23.7 Å². The SMILES string of the molecule is CC/C=C/CCCCC(CCCCCC)C(OCCCCCC(CO)N(C)CCCCCCOC(=O)C(CCCCCC)CCCCCCCC)=C1CO1. The minimum absolute atomic E-state index is 0.0510. The van der Waals surface area contributed by atoms with Gasteiger partial charge in [-0.05, 0) is 84.2 Å². The van der Waals surface area contributed by atoms with E-state index in [9.17, 15) is 9.90 Å². The quantitative estimate of drug-likeness (QED) is 0.0220. The maximum atomic E-state index is 12.9. The molecule has 0 spiro atoms. The first kappa shape index (κ1) is 50.5. The lowest BCUT2D eigenvalue weighted by atomic mass is 9.92. The fraction of sp³-hybridized carbons (Fsp3) is 0.896. The van der Waals surface area contributed by atoms with E-state index in [1.807, 2.05) is 0 Å². The molecule has 3 unspecified atom stereocenters. The van der Waals surface area contributed by atoms with Crippen molar-refractivity contribution in [3.8, 4) is 0 Å². The van der Waals surface area contributed by atoms with Crippen LogP contribution in [0, 0.1) is 11.8 Å². The Bertz CT molecular complexity index is 898. The maximum absolute atomic E-state index is 12.9. The van der Waals surface area contributed by atoms with Crippen LogP contribution in [-0.4, -0.2) is 62.0 Å². The second-order valence-corrected chi connectivity index (χ2v) is 16.5. The Hall–Kier alpha value is -1.53. The number of carbonyl (C=O) groups is 1. The zero-order valence-electron chi connectivity index (χ0n) is 36.7. The molecule has 0 radical (unpaired) electrons. The van der Waals surface area contributed by atoms with Gasteiger partial charge in [-0.2, -0.15) is 0 Å². The number of likely N-dealkylation sites (N-methyl/N-ethyl adjacent to an activating group) is 1. The van der Waals surface area contributed by atoms with E-state index in [0.29, 0.717) is 12.5 Å². The predicted molar refractivity (Wildman–Crippen MR) is 231 cm³/mol. The fourth-order valence-electron chi connectivity index (χ4n) is 7.72. The minimum atomic E-state index is 0.0510. The van der Waals surface area contributed by atoms with E-state index in [2.05, 4.69) is 51.8 Å². The Morgan fingerprint density at radius 2 is 1.11 bits per heavy atom. The third kappa shape index (κ3) is 28.0. The van der Waals surface area contributed by atoms with Gasteiger partial charge in [-0.15, -0.1) is 0 Å². The molecule has 0 saturated carbocycles. The Morgan fingerprint density at radius 3 is 1.70 bits per heavy atom. The van der Waals surface area contributed by atoms with E-state index in [0.717, 1.165) is 115 Å². The van der Waals surface area contributed by atoms with Crippen LogP contribution in [-0.2, 0) is 19.0 Å². The van der Waals surface area contributed by atoms with Crippen LogP contribution in [0.25, 0.3) is 0 Å². The number of rotatable bonds is 41. The average molecular weight is 762 g/mol. The van der Waals surface area contributed by atoms with Crippen LogP contribution in [0.4, 0.5) is 0 Å². The summed E-state index contributed by atoms with van der Waals surface area (Å²) in [5, 5.41) is 10.2. The summed E-state index contributed by atoms with van der Waals surface area (Å²) in [4.78, 5) is 15.3. The van der Waals surface area contributed by atoms with Crippen molar-refractivity contribution in [1.29, 1.82) is 0 Å². The first-order valence-corrected chi connectivity index (χ1v) is 23.6. The molecule has 318 valence electrons. The molecule has 1 N–H and O–H groups in total. The second-order valence-electron chi connectivity index (χ2n) is 16.5. The number of allylic oxidation sites excluding steroid dienone is 3. The van der Waals surface area contributed by atoms with Gasteiger partial charge in [-0.1, -0.05) is 162 Å². The lowest BCUT2D eigenvalue weighted by molar-refractivity contribution is -0.149. The summed E-state index contributed by atoms with van der Waals surface area (Å²) >= 11 is 0. The van der Waals surface area contributed by atoms with Crippen LogP contribution in [0.15, 0.2) is 23.7 Å². The zero-order chi connectivity index (χ0) is 39.3. The van der Waals surface area contributed by atoms with E-state index in [-0.39, 0.29) is 24.5 Å². The summed E-state index contributed by atoms with van der Waals surface area (Å²) in [5.74, 6) is 2.90. The molecule has 0 amide bonds. The van der Waals surface area contributed by atoms with E-state index in [1.165, 1.54) is 109 Å². The van der Waals surface area contributed by atoms with Gasteiger partial charge < -0.3 is 24.2 Å². The number of aliphatic hydroxyl groups excluding tert-OH is 1. The molecular formula is C48H91NO5. The molecule has 1 fully saturated rings. The highest BCUT2D eigenvalue weighted by Crippen LogP contribution is 2.33. The number of epoxide rings is 1. The van der Waals surface area contributed by atoms with Gasteiger partial charge >= 0.3 is 5.97 Å². The summed E-state index contributed by atoms with van der Waals surface area (Å²) in [6.07, 6.45) is 40.0. The summed E-state index contributed by atoms with van der Waals surface area (Å²) in [7, 11) is 2.16. The van der Waals surface area contributed by atoms with Gasteiger partial charge in [0.1, 0.15) is 12.4 Å². The standard InChI is InChI=1S/C48H91NO5/c1-6-10-14-18-20-27-34-43(33-25-16-12-8-3)47(46-42-54-46)52-39-32-24-29-37-45(41-50)49(5)38-30-22-23-31-40-53-48(51)44(35-26-17-13-9-4)36-28-21-19-15-11-7-2/h10,14,43-45,50H,6-9,11-13,15-42H2,1-5H3/b14-10+,47-46?. The molecule has 6 heteroatoms. The van der Waals surface area contributed by atoms with Crippen LogP contribution in [0.2, 0.25) is 0 Å². The molecule has 1 aliphatic heterocycles. The maximum Gasteiger partial charge on any atom is 0.308 e. The first-order valence-electron chi connectivity index (χ1n) is 23.6. The van der Waals surface area contributed by atoms with E-state index < -0.39 is 0 Å². The van der Waals surface area contributed by atoms with Crippen LogP contribution in [0.3, 0.4) is 0 Å². The number of esters is 1. The number of hydrogen-bond acceptors (Lipinski definition) is 6. The molecule has 1 saturated heterocycles. The Kier molecular flexibility index (Phi) is 34.7. The van der Waals surface area contributed by atoms with E-state index in [1.54, 1.807) is 0 Å². The van der Waals surface area contributed by atoms with Crippen molar-refractivity contribution in [2.24, 2.45) is 11.8 Å². The first-order chi connectivity index (χ1) is 26.5. The van der Waals surface area contributed by atoms with Crippen molar-refractivity contribution < 1.29 is 24.1 Å². The highest BCUT2D eigenvalue weighted by Gasteiger charge is 2.28. The van der Waals surface area contributed by atoms with Crippen molar-refractivity contribution in [2.75, 3.05) is 40.0 Å². The molecule has 0 bridgehead atoms. The van der Waals surface area contributed by atoms with Crippen LogP contribution in [0.5, 0.6) is 0 Å². The minimum Gasteiger partial charge on any atom is -0.494 e. The van der Waals surface area contributed by atoms with Gasteiger partial charge in [0.05, 0.1) is 25.7 Å². The van der Waals surface area contributed by atoms with Crippen molar-refractivity contribution in [1.82, 2.24) is 4.90 Å². The zero-order valence-corrected chi connectivity index (χ0v) is 36.7. The fourth-order valence-corrected chi connectivity index (χ4v) is 7.72. The van der Waals surface area contributed by atoms with Crippen molar-refractivity contribution in [2.45, 2.75) is 226 Å². The molecule has 0 aliphatic carbocycles. The third-order valence-electron chi connectivity index (χ3n) is 11.5. The highest BCUT2D eigenvalue weighted by atomic mass is 16.6. The second kappa shape index (κ2) is 37.1. The largest absolute Gasteiger partial charge is 0.494 e. The lowest BCUT2D eigenvalue weighted by Gasteiger charge is -2.26. The van der Waals surface area contributed by atoms with Gasteiger partial charge in [-0.3, -0.25) is 4.79 Å². The number of unbranched alkanes of at least 4 members (excludes halogenated alkanes) is 18. The average Bonchev–Trinajstić information content (AvgIpc) is 4.02. The molecular weight excluding hydrogens is 671 g/mol. The summed E-state index contributed by atoms with van der Waals surface area (Å²) in [6, 6.07) is 0.213. The summed E-state index contributed by atoms with van der Waals surface area (Å²) in [5.41, 5.74) is 0. The van der Waals surface area contributed by atoms with Gasteiger partial charge in [-0.25, -0.2) is 0 Å². The number of nitrogens with zero attached hydrogens (tertiary/aromatic N) is 1. The molecule has 0 aromatic rings. The molecule has 1 aliphatic rings. The smallest absolute Gasteiger partial charge is 0.308 e. The number of carbonyl (C=O) groups excluding carboxylic acids is 1. The van der Waals surface area contributed by atoms with E-state index >= 15 is 0 Å². The number of aliphatic hydroxyl groups is 1. The highest BCUT2D eigenvalue weighted by molar-refractivity contribution is 5.72. The van der Waals surface area contributed by atoms with Crippen LogP contribution < -0.4 is 0 Å². The summed E-state index contributed by atoms with van der Waals surface area (Å²) < 4.78 is 18.0.